The smallest absolute Gasteiger partial charge is 0.177 e. The molecule has 82 valence electrons. The zero-order chi connectivity index (χ0) is 11.5. The van der Waals surface area contributed by atoms with E-state index in [0.717, 1.165) is 5.56 Å². The number of hydrogen-bond donors (Lipinski definition) is 0. The van der Waals surface area contributed by atoms with Crippen LogP contribution in [0, 0.1) is 0 Å². The van der Waals surface area contributed by atoms with Gasteiger partial charge in [-0.15, -0.1) is 0 Å². The van der Waals surface area contributed by atoms with Crippen molar-refractivity contribution in [3.8, 4) is 0 Å². The predicted molar refractivity (Wildman–Crippen MR) is 62.5 cm³/mol. The summed E-state index contributed by atoms with van der Waals surface area (Å²) in [6.07, 6.45) is 1.66. The second-order valence-corrected chi connectivity index (χ2v) is 3.80. The van der Waals surface area contributed by atoms with E-state index in [0.29, 0.717) is 5.69 Å². The van der Waals surface area contributed by atoms with Gasteiger partial charge in [-0.25, -0.2) is 0 Å². The van der Waals surface area contributed by atoms with Crippen molar-refractivity contribution in [3.63, 3.8) is 0 Å². The average Bonchev–Trinajstić information content (AvgIpc) is 2.78. The molecule has 16 heavy (non-hydrogen) atoms. The Balaban J connectivity index is 2.38. The lowest BCUT2D eigenvalue weighted by Gasteiger charge is -2.14. The van der Waals surface area contributed by atoms with Gasteiger partial charge in [-0.2, -0.15) is 5.10 Å². The lowest BCUT2D eigenvalue weighted by Crippen LogP contribution is -2.14. The Labute approximate surface area is 94.7 Å². The van der Waals surface area contributed by atoms with Gasteiger partial charge in [0, 0.05) is 13.1 Å². The molecule has 1 aromatic heterocycles. The Hall–Kier alpha value is -1.90. The van der Waals surface area contributed by atoms with Crippen molar-refractivity contribution in [2.75, 3.05) is 0 Å². The van der Waals surface area contributed by atoms with Crippen LogP contribution in [-0.2, 0) is 0 Å². The topological polar surface area (TPSA) is 34.9 Å². The Morgan fingerprint density at radius 1 is 1.25 bits per heavy atom. The number of carbonyl (C=O) groups is 1. The zero-order valence-electron chi connectivity index (χ0n) is 9.42. The number of Topliss-reactive ketones (excluding diaryl/α,β-unsaturated/α-hetero) is 1. The molecule has 0 spiro atoms. The van der Waals surface area contributed by atoms with Crippen molar-refractivity contribution < 1.29 is 4.79 Å². The van der Waals surface area contributed by atoms with Crippen LogP contribution in [0.3, 0.4) is 0 Å². The van der Waals surface area contributed by atoms with E-state index in [2.05, 4.69) is 5.10 Å². The fraction of sp³-hybridized carbons (Fsp3) is 0.231. The molecule has 0 fully saturated rings. The Kier molecular flexibility index (Phi) is 2.86. The first-order valence-electron chi connectivity index (χ1n) is 5.29. The Bertz CT molecular complexity index is 488. The Morgan fingerprint density at radius 2 is 1.94 bits per heavy atom. The maximum absolute atomic E-state index is 11.4. The van der Waals surface area contributed by atoms with Gasteiger partial charge in [-0.1, -0.05) is 30.3 Å². The van der Waals surface area contributed by atoms with Crippen LogP contribution >= 0.6 is 0 Å². The monoisotopic (exact) mass is 214 g/mol. The molecule has 3 heteroatoms. The van der Waals surface area contributed by atoms with Crippen molar-refractivity contribution in [3.05, 3.63) is 53.9 Å². The van der Waals surface area contributed by atoms with Crippen molar-refractivity contribution in [2.24, 2.45) is 0 Å². The van der Waals surface area contributed by atoms with E-state index in [4.69, 9.17) is 0 Å². The molecule has 0 unspecified atom stereocenters. The molecule has 0 radical (unpaired) electrons. The van der Waals surface area contributed by atoms with E-state index in [9.17, 15) is 4.79 Å². The summed E-state index contributed by atoms with van der Waals surface area (Å²) >= 11 is 0. The van der Waals surface area contributed by atoms with E-state index in [1.165, 1.54) is 0 Å². The standard InChI is InChI=1S/C13H14N2O/c1-10(12-6-4-3-5-7-12)15-13(11(2)16)8-9-14-15/h3-10H,1-2H3/t10-/m1/s1. The summed E-state index contributed by atoms with van der Waals surface area (Å²) < 4.78 is 1.76. The number of ketones is 1. The van der Waals surface area contributed by atoms with E-state index < -0.39 is 0 Å². The molecule has 2 rings (SSSR count). The van der Waals surface area contributed by atoms with Gasteiger partial charge in [0.25, 0.3) is 0 Å². The fourth-order valence-corrected chi connectivity index (χ4v) is 1.77. The highest BCUT2D eigenvalue weighted by atomic mass is 16.1. The van der Waals surface area contributed by atoms with Gasteiger partial charge in [0.1, 0.15) is 5.69 Å². The van der Waals surface area contributed by atoms with E-state index in [-0.39, 0.29) is 11.8 Å². The second-order valence-electron chi connectivity index (χ2n) is 3.80. The molecule has 2 aromatic rings. The van der Waals surface area contributed by atoms with Gasteiger partial charge in [0.15, 0.2) is 5.78 Å². The lowest BCUT2D eigenvalue weighted by atomic mass is 10.1. The number of benzene rings is 1. The third-order valence-electron chi connectivity index (χ3n) is 2.68. The highest BCUT2D eigenvalue weighted by Gasteiger charge is 2.14. The van der Waals surface area contributed by atoms with Crippen molar-refractivity contribution in [1.29, 1.82) is 0 Å². The molecule has 0 saturated carbocycles. The van der Waals surface area contributed by atoms with Crippen LogP contribution < -0.4 is 0 Å². The van der Waals surface area contributed by atoms with E-state index >= 15 is 0 Å². The summed E-state index contributed by atoms with van der Waals surface area (Å²) in [4.78, 5) is 11.4. The first-order chi connectivity index (χ1) is 7.70. The molecule has 1 aromatic carbocycles. The molecule has 1 heterocycles. The molecule has 3 nitrogen and oxygen atoms in total. The van der Waals surface area contributed by atoms with Crippen LogP contribution in [0.5, 0.6) is 0 Å². The highest BCUT2D eigenvalue weighted by molar-refractivity contribution is 5.92. The van der Waals surface area contributed by atoms with Gasteiger partial charge >= 0.3 is 0 Å². The molecule has 0 aliphatic heterocycles. The average molecular weight is 214 g/mol. The van der Waals surface area contributed by atoms with Crippen LogP contribution in [0.1, 0.15) is 35.9 Å². The summed E-state index contributed by atoms with van der Waals surface area (Å²) in [5, 5.41) is 4.21. The van der Waals surface area contributed by atoms with Crippen LogP contribution in [0.25, 0.3) is 0 Å². The van der Waals surface area contributed by atoms with E-state index in [1.807, 2.05) is 37.3 Å². The molecule has 0 aliphatic carbocycles. The number of carbonyl (C=O) groups excluding carboxylic acids is 1. The number of aromatic nitrogens is 2. The molecule has 1 atom stereocenters. The quantitative estimate of drug-likeness (QED) is 0.736. The zero-order valence-corrected chi connectivity index (χ0v) is 9.42. The third kappa shape index (κ3) is 1.89. The molecular formula is C13H14N2O. The van der Waals surface area contributed by atoms with Crippen LogP contribution in [0.2, 0.25) is 0 Å². The first-order valence-corrected chi connectivity index (χ1v) is 5.29. The summed E-state index contributed by atoms with van der Waals surface area (Å²) in [6, 6.07) is 11.9. The minimum absolute atomic E-state index is 0.0419. The summed E-state index contributed by atoms with van der Waals surface area (Å²) in [6.45, 7) is 3.60. The predicted octanol–water partition coefficient (Wildman–Crippen LogP) is 2.70. The number of nitrogens with zero attached hydrogens (tertiary/aromatic N) is 2. The van der Waals surface area contributed by atoms with Crippen LogP contribution in [-0.4, -0.2) is 15.6 Å². The lowest BCUT2D eigenvalue weighted by molar-refractivity contribution is 0.100. The van der Waals surface area contributed by atoms with Crippen LogP contribution in [0.15, 0.2) is 42.6 Å². The summed E-state index contributed by atoms with van der Waals surface area (Å²) in [5.74, 6) is 0.0419. The maximum atomic E-state index is 11.4. The van der Waals surface area contributed by atoms with Crippen molar-refractivity contribution in [2.45, 2.75) is 19.9 Å². The normalized spacial score (nSPS) is 12.4. The van der Waals surface area contributed by atoms with Crippen LogP contribution in [0.4, 0.5) is 0 Å². The molecule has 0 bridgehead atoms. The van der Waals surface area contributed by atoms with Gasteiger partial charge in [0.05, 0.1) is 6.04 Å². The van der Waals surface area contributed by atoms with Gasteiger partial charge in [0.2, 0.25) is 0 Å². The maximum Gasteiger partial charge on any atom is 0.177 e. The largest absolute Gasteiger partial charge is 0.293 e. The van der Waals surface area contributed by atoms with Gasteiger partial charge < -0.3 is 0 Å². The van der Waals surface area contributed by atoms with Crippen molar-refractivity contribution in [1.82, 2.24) is 9.78 Å². The van der Waals surface area contributed by atoms with Gasteiger partial charge in [-0.3, -0.25) is 9.48 Å². The van der Waals surface area contributed by atoms with E-state index in [1.54, 1.807) is 23.9 Å². The highest BCUT2D eigenvalue weighted by Crippen LogP contribution is 2.18. The summed E-state index contributed by atoms with van der Waals surface area (Å²) in [5.41, 5.74) is 1.80. The molecule has 0 aliphatic rings. The fourth-order valence-electron chi connectivity index (χ4n) is 1.77. The first kappa shape index (κ1) is 10.6. The third-order valence-corrected chi connectivity index (χ3v) is 2.68. The molecule has 0 saturated heterocycles. The number of hydrogen-bond acceptors (Lipinski definition) is 2. The Morgan fingerprint density at radius 3 is 2.56 bits per heavy atom. The molecule has 0 amide bonds. The van der Waals surface area contributed by atoms with Crippen molar-refractivity contribution >= 4 is 5.78 Å². The SMILES string of the molecule is CC(=O)c1ccnn1[C@H](C)c1ccccc1. The molecule has 0 N–H and O–H groups in total. The van der Waals surface area contributed by atoms with Gasteiger partial charge in [-0.05, 0) is 18.6 Å². The number of rotatable bonds is 3. The minimum atomic E-state index is 0.0419. The minimum Gasteiger partial charge on any atom is -0.293 e. The summed E-state index contributed by atoms with van der Waals surface area (Å²) in [7, 11) is 0. The second kappa shape index (κ2) is 4.31. The molecular weight excluding hydrogens is 200 g/mol.